The zero-order chi connectivity index (χ0) is 13.7. The zero-order valence-electron chi connectivity index (χ0n) is 9.18. The summed E-state index contributed by atoms with van der Waals surface area (Å²) in [6.45, 7) is -0.396. The van der Waals surface area contributed by atoms with E-state index in [0.29, 0.717) is 5.33 Å². The average Bonchev–Trinajstić information content (AvgIpc) is 2.27. The number of alkyl halides is 3. The Labute approximate surface area is 126 Å². The van der Waals surface area contributed by atoms with E-state index >= 15 is 0 Å². The van der Waals surface area contributed by atoms with Crippen LogP contribution < -0.4 is 0 Å². The Morgan fingerprint density at radius 3 is 2.61 bits per heavy atom. The zero-order valence-corrected chi connectivity index (χ0v) is 13.1. The summed E-state index contributed by atoms with van der Waals surface area (Å²) in [6, 6.07) is 4.72. The van der Waals surface area contributed by atoms with Crippen molar-refractivity contribution in [1.82, 2.24) is 4.90 Å². The van der Waals surface area contributed by atoms with Crippen LogP contribution in [0.1, 0.15) is 10.4 Å². The van der Waals surface area contributed by atoms with Gasteiger partial charge in [0.2, 0.25) is 0 Å². The van der Waals surface area contributed by atoms with E-state index in [4.69, 9.17) is 11.6 Å². The predicted molar refractivity (Wildman–Crippen MR) is 74.9 cm³/mol. The van der Waals surface area contributed by atoms with Gasteiger partial charge in [0.25, 0.3) is 12.3 Å². The highest BCUT2D eigenvalue weighted by molar-refractivity contribution is 9.10. The second-order valence-corrected chi connectivity index (χ2v) is 5.57. The average molecular weight is 405 g/mol. The van der Waals surface area contributed by atoms with Crippen LogP contribution in [0.5, 0.6) is 0 Å². The van der Waals surface area contributed by atoms with Crippen LogP contribution in [0, 0.1) is 0 Å². The summed E-state index contributed by atoms with van der Waals surface area (Å²) in [5.74, 6) is -0.493. The normalized spacial score (nSPS) is 10.8. The quantitative estimate of drug-likeness (QED) is 0.673. The van der Waals surface area contributed by atoms with Gasteiger partial charge in [0, 0.05) is 16.3 Å². The molecule has 0 heterocycles. The predicted octanol–water partition coefficient (Wildman–Crippen LogP) is 4.20. The van der Waals surface area contributed by atoms with E-state index in [2.05, 4.69) is 31.9 Å². The summed E-state index contributed by atoms with van der Waals surface area (Å²) < 4.78 is 25.5. The van der Waals surface area contributed by atoms with Crippen LogP contribution >= 0.6 is 43.5 Å². The van der Waals surface area contributed by atoms with Gasteiger partial charge in [0.05, 0.1) is 17.1 Å². The molecule has 0 saturated heterocycles. The molecule has 0 fully saturated rings. The molecule has 2 nitrogen and oxygen atoms in total. The van der Waals surface area contributed by atoms with Gasteiger partial charge in [-0.05, 0) is 18.2 Å². The van der Waals surface area contributed by atoms with Crippen LogP contribution in [0.3, 0.4) is 0 Å². The van der Waals surface area contributed by atoms with Gasteiger partial charge in [0.1, 0.15) is 0 Å². The van der Waals surface area contributed by atoms with Crippen molar-refractivity contribution < 1.29 is 13.6 Å². The van der Waals surface area contributed by atoms with Gasteiger partial charge in [-0.2, -0.15) is 0 Å². The second-order valence-electron chi connectivity index (χ2n) is 3.46. The Kier molecular flexibility index (Phi) is 6.52. The van der Waals surface area contributed by atoms with E-state index < -0.39 is 18.9 Å². The first-order valence-corrected chi connectivity index (χ1v) is 7.33. The summed E-state index contributed by atoms with van der Waals surface area (Å²) in [6.07, 6.45) is -2.57. The maximum absolute atomic E-state index is 12.4. The summed E-state index contributed by atoms with van der Waals surface area (Å²) in [4.78, 5) is 13.2. The number of hydrogen-bond acceptors (Lipinski definition) is 1. The molecule has 0 aliphatic rings. The molecule has 0 radical (unpaired) electrons. The Morgan fingerprint density at radius 1 is 1.44 bits per heavy atom. The van der Waals surface area contributed by atoms with E-state index in [9.17, 15) is 13.6 Å². The Morgan fingerprint density at radius 2 is 2.11 bits per heavy atom. The van der Waals surface area contributed by atoms with Crippen LogP contribution in [-0.4, -0.2) is 35.7 Å². The third-order valence-electron chi connectivity index (χ3n) is 2.16. The third-order valence-corrected chi connectivity index (χ3v) is 3.32. The molecule has 1 aromatic rings. The number of amides is 1. The van der Waals surface area contributed by atoms with Gasteiger partial charge in [-0.15, -0.1) is 0 Å². The summed E-state index contributed by atoms with van der Waals surface area (Å²) in [7, 11) is 0. The van der Waals surface area contributed by atoms with Gasteiger partial charge in [-0.1, -0.05) is 43.5 Å². The fourth-order valence-corrected chi connectivity index (χ4v) is 2.56. The van der Waals surface area contributed by atoms with Crippen molar-refractivity contribution >= 4 is 49.4 Å². The van der Waals surface area contributed by atoms with Crippen molar-refractivity contribution in [3.05, 3.63) is 33.3 Å². The van der Waals surface area contributed by atoms with Crippen LogP contribution in [-0.2, 0) is 0 Å². The van der Waals surface area contributed by atoms with Gasteiger partial charge in [-0.25, -0.2) is 8.78 Å². The molecule has 0 bridgehead atoms. The molecule has 1 aromatic carbocycles. The Balaban J connectivity index is 2.94. The Hall–Kier alpha value is -0.200. The topological polar surface area (TPSA) is 20.3 Å². The fraction of sp³-hybridized carbons (Fsp3) is 0.364. The number of halogens is 5. The second kappa shape index (κ2) is 7.40. The highest BCUT2D eigenvalue weighted by Crippen LogP contribution is 2.23. The SMILES string of the molecule is O=C(c1ccc(Br)cc1Cl)N(CCBr)CC(F)F. The van der Waals surface area contributed by atoms with E-state index in [0.717, 1.165) is 9.37 Å². The lowest BCUT2D eigenvalue weighted by Crippen LogP contribution is -2.36. The summed E-state index contributed by atoms with van der Waals surface area (Å²) >= 11 is 12.3. The molecule has 1 rings (SSSR count). The Bertz CT molecular complexity index is 432. The first-order valence-electron chi connectivity index (χ1n) is 5.04. The molecule has 100 valence electrons. The van der Waals surface area contributed by atoms with Crippen molar-refractivity contribution in [2.24, 2.45) is 0 Å². The highest BCUT2D eigenvalue weighted by atomic mass is 79.9. The molecule has 0 aliphatic heterocycles. The monoisotopic (exact) mass is 403 g/mol. The first kappa shape index (κ1) is 15.9. The lowest BCUT2D eigenvalue weighted by molar-refractivity contribution is 0.0572. The number of benzene rings is 1. The molecule has 0 atom stereocenters. The third kappa shape index (κ3) is 4.48. The van der Waals surface area contributed by atoms with E-state index in [-0.39, 0.29) is 17.1 Å². The lowest BCUT2D eigenvalue weighted by atomic mass is 10.2. The molecular weight excluding hydrogens is 395 g/mol. The summed E-state index contributed by atoms with van der Waals surface area (Å²) in [5, 5.41) is 0.669. The lowest BCUT2D eigenvalue weighted by Gasteiger charge is -2.21. The van der Waals surface area contributed by atoms with Crippen LogP contribution in [0.15, 0.2) is 22.7 Å². The molecule has 0 saturated carbocycles. The maximum atomic E-state index is 12.4. The minimum absolute atomic E-state index is 0.204. The molecule has 0 unspecified atom stereocenters. The molecule has 0 spiro atoms. The largest absolute Gasteiger partial charge is 0.332 e. The van der Waals surface area contributed by atoms with E-state index in [1.54, 1.807) is 12.1 Å². The number of carbonyl (C=O) groups is 1. The van der Waals surface area contributed by atoms with Crippen molar-refractivity contribution in [3.63, 3.8) is 0 Å². The molecule has 0 aliphatic carbocycles. The van der Waals surface area contributed by atoms with Gasteiger partial charge >= 0.3 is 0 Å². The fourth-order valence-electron chi connectivity index (χ4n) is 1.38. The van der Waals surface area contributed by atoms with E-state index in [1.807, 2.05) is 0 Å². The maximum Gasteiger partial charge on any atom is 0.255 e. The first-order chi connectivity index (χ1) is 8.45. The standard InChI is InChI=1S/C11H10Br2ClF2NO/c12-3-4-17(6-10(15)16)11(18)8-2-1-7(13)5-9(8)14/h1-2,5,10H,3-4,6H2. The van der Waals surface area contributed by atoms with Crippen molar-refractivity contribution in [2.75, 3.05) is 18.4 Å². The van der Waals surface area contributed by atoms with E-state index in [1.165, 1.54) is 6.07 Å². The van der Waals surface area contributed by atoms with Gasteiger partial charge < -0.3 is 4.90 Å². The number of rotatable bonds is 5. The van der Waals surface area contributed by atoms with Crippen molar-refractivity contribution in [1.29, 1.82) is 0 Å². The van der Waals surface area contributed by atoms with Crippen LogP contribution in [0.2, 0.25) is 5.02 Å². The number of nitrogens with zero attached hydrogens (tertiary/aromatic N) is 1. The molecule has 0 aromatic heterocycles. The van der Waals surface area contributed by atoms with Crippen molar-refractivity contribution in [3.8, 4) is 0 Å². The van der Waals surface area contributed by atoms with Crippen molar-refractivity contribution in [2.45, 2.75) is 6.43 Å². The molecule has 18 heavy (non-hydrogen) atoms. The van der Waals surface area contributed by atoms with Gasteiger partial charge in [0.15, 0.2) is 0 Å². The minimum atomic E-state index is -2.57. The number of hydrogen-bond donors (Lipinski definition) is 0. The minimum Gasteiger partial charge on any atom is -0.332 e. The molecule has 7 heteroatoms. The highest BCUT2D eigenvalue weighted by Gasteiger charge is 2.21. The van der Waals surface area contributed by atoms with Crippen LogP contribution in [0.4, 0.5) is 8.78 Å². The number of carbonyl (C=O) groups excluding carboxylic acids is 1. The van der Waals surface area contributed by atoms with Crippen LogP contribution in [0.25, 0.3) is 0 Å². The molecule has 1 amide bonds. The molecular formula is C11H10Br2ClF2NO. The molecule has 0 N–H and O–H groups in total. The van der Waals surface area contributed by atoms with Gasteiger partial charge in [-0.3, -0.25) is 4.79 Å². The summed E-state index contributed by atoms with van der Waals surface area (Å²) in [5.41, 5.74) is 0.224. The smallest absolute Gasteiger partial charge is 0.255 e.